The molecule has 1 saturated heterocycles. The van der Waals surface area contributed by atoms with Gasteiger partial charge in [0.25, 0.3) is 0 Å². The summed E-state index contributed by atoms with van der Waals surface area (Å²) in [4.78, 5) is 24.5. The minimum atomic E-state index is -0.876. The van der Waals surface area contributed by atoms with Crippen LogP contribution in [0.1, 0.15) is 29.0 Å². The quantitative estimate of drug-likeness (QED) is 0.777. The fourth-order valence-electron chi connectivity index (χ4n) is 3.82. The van der Waals surface area contributed by atoms with Crippen molar-refractivity contribution in [2.75, 3.05) is 11.9 Å². The van der Waals surface area contributed by atoms with Crippen LogP contribution in [0, 0.1) is 11.6 Å². The van der Waals surface area contributed by atoms with Crippen LogP contribution in [0.2, 0.25) is 0 Å². The molecule has 3 N–H and O–H groups in total. The van der Waals surface area contributed by atoms with Gasteiger partial charge in [-0.3, -0.25) is 4.79 Å². The molecule has 0 bridgehead atoms. The number of hydrogen-bond acceptors (Lipinski definition) is 2. The third-order valence-corrected chi connectivity index (χ3v) is 5.18. The maximum atomic E-state index is 14.6. The van der Waals surface area contributed by atoms with Crippen LogP contribution in [0.4, 0.5) is 19.3 Å². The zero-order valence-electron chi connectivity index (χ0n) is 14.5. The molecule has 1 aliphatic heterocycles. The molecule has 1 fully saturated rings. The van der Waals surface area contributed by atoms with Crippen LogP contribution in [-0.2, 0) is 17.6 Å². The Kier molecular flexibility index (Phi) is 4.51. The summed E-state index contributed by atoms with van der Waals surface area (Å²) >= 11 is 0. The lowest BCUT2D eigenvalue weighted by Crippen LogP contribution is -2.44. The Bertz CT molecular complexity index is 899. The Morgan fingerprint density at radius 2 is 1.78 bits per heavy atom. The number of aryl methyl sites for hydroxylation is 2. The SMILES string of the molecule is O=C(Nc1ccc(F)cc1)N[C@@H]1C(=O)NC[C@H]1c1cc2c(cc1F)CCC2. The van der Waals surface area contributed by atoms with Crippen molar-refractivity contribution in [3.05, 3.63) is 64.7 Å². The zero-order valence-corrected chi connectivity index (χ0v) is 14.5. The lowest BCUT2D eigenvalue weighted by Gasteiger charge is -2.20. The smallest absolute Gasteiger partial charge is 0.319 e. The summed E-state index contributed by atoms with van der Waals surface area (Å²) < 4.78 is 27.6. The van der Waals surface area contributed by atoms with Gasteiger partial charge in [0, 0.05) is 18.2 Å². The molecule has 4 rings (SSSR count). The number of amides is 3. The third kappa shape index (κ3) is 3.49. The van der Waals surface area contributed by atoms with E-state index in [1.54, 1.807) is 6.07 Å². The average Bonchev–Trinajstić information content (AvgIpc) is 3.23. The normalized spacial score (nSPS) is 20.9. The number of urea groups is 1. The number of halogens is 2. The summed E-state index contributed by atoms with van der Waals surface area (Å²) in [5.41, 5.74) is 2.97. The molecule has 2 atom stereocenters. The highest BCUT2D eigenvalue weighted by Crippen LogP contribution is 2.32. The largest absolute Gasteiger partial charge is 0.354 e. The Labute approximate surface area is 155 Å². The van der Waals surface area contributed by atoms with E-state index in [9.17, 15) is 18.4 Å². The first-order chi connectivity index (χ1) is 13.0. The molecule has 0 saturated carbocycles. The molecular formula is C20H19F2N3O2. The molecule has 2 aliphatic rings. The Balaban J connectivity index is 1.52. The summed E-state index contributed by atoms with van der Waals surface area (Å²) in [5.74, 6) is -1.59. The molecule has 0 spiro atoms. The maximum absolute atomic E-state index is 14.6. The topological polar surface area (TPSA) is 70.2 Å². The second-order valence-corrected chi connectivity index (χ2v) is 6.93. The van der Waals surface area contributed by atoms with Crippen LogP contribution in [-0.4, -0.2) is 24.5 Å². The molecule has 2 aromatic rings. The Morgan fingerprint density at radius 3 is 2.52 bits per heavy atom. The summed E-state index contributed by atoms with van der Waals surface area (Å²) in [6.45, 7) is 0.260. The van der Waals surface area contributed by atoms with E-state index in [0.29, 0.717) is 11.3 Å². The number of hydrogen-bond donors (Lipinski definition) is 3. The van der Waals surface area contributed by atoms with E-state index < -0.39 is 23.8 Å². The average molecular weight is 371 g/mol. The predicted octanol–water partition coefficient (Wildman–Crippen LogP) is 2.86. The van der Waals surface area contributed by atoms with Gasteiger partial charge in [-0.1, -0.05) is 6.07 Å². The molecule has 2 aromatic carbocycles. The summed E-state index contributed by atoms with van der Waals surface area (Å²) in [6.07, 6.45) is 2.78. The van der Waals surface area contributed by atoms with Gasteiger partial charge in [0.1, 0.15) is 17.7 Å². The van der Waals surface area contributed by atoms with E-state index in [1.807, 2.05) is 6.07 Å². The van der Waals surface area contributed by atoms with Gasteiger partial charge in [-0.25, -0.2) is 13.6 Å². The number of nitrogens with one attached hydrogen (secondary N) is 3. The summed E-state index contributed by atoms with van der Waals surface area (Å²) in [6, 6.07) is 7.18. The van der Waals surface area contributed by atoms with Gasteiger partial charge in [0.15, 0.2) is 0 Å². The fourth-order valence-corrected chi connectivity index (χ4v) is 3.82. The number of rotatable bonds is 3. The van der Waals surface area contributed by atoms with E-state index in [4.69, 9.17) is 0 Å². The van der Waals surface area contributed by atoms with Crippen molar-refractivity contribution in [2.45, 2.75) is 31.2 Å². The first kappa shape index (κ1) is 17.5. The number of anilines is 1. The van der Waals surface area contributed by atoms with Crippen molar-refractivity contribution in [1.29, 1.82) is 0 Å². The molecular weight excluding hydrogens is 352 g/mol. The van der Waals surface area contributed by atoms with Gasteiger partial charge in [-0.05, 0) is 66.3 Å². The Morgan fingerprint density at radius 1 is 1.07 bits per heavy atom. The first-order valence-electron chi connectivity index (χ1n) is 8.93. The van der Waals surface area contributed by atoms with E-state index in [0.717, 1.165) is 30.4 Å². The molecule has 3 amide bonds. The third-order valence-electron chi connectivity index (χ3n) is 5.18. The van der Waals surface area contributed by atoms with Gasteiger partial charge in [-0.2, -0.15) is 0 Å². The number of carbonyl (C=O) groups is 2. The van der Waals surface area contributed by atoms with Gasteiger partial charge in [0.05, 0.1) is 0 Å². The van der Waals surface area contributed by atoms with E-state index in [-0.39, 0.29) is 18.3 Å². The molecule has 27 heavy (non-hydrogen) atoms. The van der Waals surface area contributed by atoms with Crippen molar-refractivity contribution < 1.29 is 18.4 Å². The van der Waals surface area contributed by atoms with Crippen LogP contribution in [0.15, 0.2) is 36.4 Å². The van der Waals surface area contributed by atoms with Crippen LogP contribution in [0.3, 0.4) is 0 Å². The molecule has 140 valence electrons. The standard InChI is InChI=1S/C20H19F2N3O2/c21-13-4-6-14(7-5-13)24-20(27)25-18-16(10-23-19(18)26)15-8-11-2-1-3-12(11)9-17(15)22/h4-9,16,18H,1-3,10H2,(H,23,26)(H2,24,25,27)/t16-,18-/m0/s1. The van der Waals surface area contributed by atoms with Crippen LogP contribution >= 0.6 is 0 Å². The highest BCUT2D eigenvalue weighted by atomic mass is 19.1. The van der Waals surface area contributed by atoms with Gasteiger partial charge < -0.3 is 16.0 Å². The van der Waals surface area contributed by atoms with Crippen molar-refractivity contribution in [3.63, 3.8) is 0 Å². The number of benzene rings is 2. The van der Waals surface area contributed by atoms with Crippen LogP contribution in [0.25, 0.3) is 0 Å². The lowest BCUT2D eigenvalue weighted by atomic mass is 9.91. The minimum Gasteiger partial charge on any atom is -0.354 e. The molecule has 5 nitrogen and oxygen atoms in total. The van der Waals surface area contributed by atoms with E-state index in [1.165, 1.54) is 24.3 Å². The fraction of sp³-hybridized carbons (Fsp3) is 0.300. The Hall–Kier alpha value is -2.96. The van der Waals surface area contributed by atoms with Gasteiger partial charge in [-0.15, -0.1) is 0 Å². The molecule has 1 heterocycles. The minimum absolute atomic E-state index is 0.260. The lowest BCUT2D eigenvalue weighted by molar-refractivity contribution is -0.120. The molecule has 0 aromatic heterocycles. The van der Waals surface area contributed by atoms with E-state index >= 15 is 0 Å². The second-order valence-electron chi connectivity index (χ2n) is 6.93. The summed E-state index contributed by atoms with van der Waals surface area (Å²) in [7, 11) is 0. The van der Waals surface area contributed by atoms with Gasteiger partial charge >= 0.3 is 6.03 Å². The maximum Gasteiger partial charge on any atom is 0.319 e. The van der Waals surface area contributed by atoms with Gasteiger partial charge in [0.2, 0.25) is 5.91 Å². The predicted molar refractivity (Wildman–Crippen MR) is 96.5 cm³/mol. The monoisotopic (exact) mass is 371 g/mol. The highest BCUT2D eigenvalue weighted by molar-refractivity contribution is 5.95. The number of fused-ring (bicyclic) bond motifs is 1. The van der Waals surface area contributed by atoms with Crippen LogP contribution in [0.5, 0.6) is 0 Å². The molecule has 1 aliphatic carbocycles. The first-order valence-corrected chi connectivity index (χ1v) is 8.93. The second kappa shape index (κ2) is 6.98. The summed E-state index contributed by atoms with van der Waals surface area (Å²) in [5, 5.41) is 7.86. The van der Waals surface area contributed by atoms with Crippen molar-refractivity contribution in [3.8, 4) is 0 Å². The molecule has 7 heteroatoms. The van der Waals surface area contributed by atoms with Crippen molar-refractivity contribution >= 4 is 17.6 Å². The zero-order chi connectivity index (χ0) is 19.0. The molecule has 0 unspecified atom stereocenters. The number of carbonyl (C=O) groups excluding carboxylic acids is 2. The van der Waals surface area contributed by atoms with Crippen molar-refractivity contribution in [1.82, 2.24) is 10.6 Å². The highest BCUT2D eigenvalue weighted by Gasteiger charge is 2.38. The van der Waals surface area contributed by atoms with Crippen LogP contribution < -0.4 is 16.0 Å². The van der Waals surface area contributed by atoms with Crippen molar-refractivity contribution in [2.24, 2.45) is 0 Å². The molecule has 0 radical (unpaired) electrons. The van der Waals surface area contributed by atoms with E-state index in [2.05, 4.69) is 16.0 Å².